The first kappa shape index (κ1) is 20.8. The molecule has 0 aliphatic rings. The third-order valence-corrected chi connectivity index (χ3v) is 4.84. The minimum absolute atomic E-state index is 0.109. The Balaban J connectivity index is 1.44. The van der Waals surface area contributed by atoms with Crippen LogP contribution < -0.4 is 10.3 Å². The van der Waals surface area contributed by atoms with Crippen molar-refractivity contribution in [3.8, 4) is 22.7 Å². The molecule has 4 rings (SSSR count). The lowest BCUT2D eigenvalue weighted by Gasteiger charge is -2.11. The first-order chi connectivity index (χ1) is 15.5. The van der Waals surface area contributed by atoms with E-state index in [1.807, 2.05) is 73.6 Å². The van der Waals surface area contributed by atoms with Crippen LogP contribution in [0.3, 0.4) is 0 Å². The molecule has 1 amide bonds. The monoisotopic (exact) mass is 426 g/mol. The van der Waals surface area contributed by atoms with E-state index in [1.165, 1.54) is 12.1 Å². The molecule has 0 saturated carbocycles. The maximum atomic E-state index is 12.4. The number of hydrazone groups is 1. The van der Waals surface area contributed by atoms with Crippen LogP contribution in [0.1, 0.15) is 15.9 Å². The first-order valence-electron chi connectivity index (χ1n) is 9.93. The van der Waals surface area contributed by atoms with E-state index >= 15 is 0 Å². The number of carbonyl (C=O) groups excluding carboxylic acids is 1. The summed E-state index contributed by atoms with van der Waals surface area (Å²) >= 11 is 0. The number of amides is 1. The summed E-state index contributed by atoms with van der Waals surface area (Å²) in [5.74, 6) is -0.693. The molecular weight excluding hydrogens is 404 g/mol. The van der Waals surface area contributed by atoms with E-state index in [1.54, 1.807) is 23.2 Å². The fourth-order valence-corrected chi connectivity index (χ4v) is 3.07. The van der Waals surface area contributed by atoms with E-state index in [0.717, 1.165) is 16.8 Å². The predicted octanol–water partition coefficient (Wildman–Crippen LogP) is 3.47. The Labute approximate surface area is 185 Å². The van der Waals surface area contributed by atoms with Crippen molar-refractivity contribution < 1.29 is 9.90 Å². The third kappa shape index (κ3) is 4.65. The number of hydrogen-bond donors (Lipinski definition) is 2. The van der Waals surface area contributed by atoms with Crippen LogP contribution in [0.5, 0.6) is 5.75 Å². The Morgan fingerprint density at radius 3 is 2.50 bits per heavy atom. The van der Waals surface area contributed by atoms with Crippen LogP contribution in [0.15, 0.2) is 84.1 Å². The van der Waals surface area contributed by atoms with Crippen molar-refractivity contribution >= 4 is 17.8 Å². The van der Waals surface area contributed by atoms with Crippen LogP contribution in [0.25, 0.3) is 16.9 Å². The number of aromatic hydroxyl groups is 1. The van der Waals surface area contributed by atoms with Crippen molar-refractivity contribution in [1.29, 1.82) is 0 Å². The molecule has 2 N–H and O–H groups in total. The molecule has 0 aliphatic heterocycles. The van der Waals surface area contributed by atoms with Gasteiger partial charge in [-0.25, -0.2) is 10.1 Å². The molecule has 0 radical (unpaired) electrons. The molecule has 0 saturated heterocycles. The van der Waals surface area contributed by atoms with Gasteiger partial charge in [0.1, 0.15) is 11.4 Å². The number of nitrogens with zero attached hydrogens (tertiary/aromatic N) is 5. The number of benzene rings is 3. The van der Waals surface area contributed by atoms with Crippen molar-refractivity contribution in [2.24, 2.45) is 5.10 Å². The van der Waals surface area contributed by atoms with Gasteiger partial charge < -0.3 is 10.0 Å². The number of phenolic OH excluding ortho intramolecular Hbond substituents is 1. The van der Waals surface area contributed by atoms with Crippen molar-refractivity contribution in [3.05, 3.63) is 90.1 Å². The minimum atomic E-state index is -0.515. The summed E-state index contributed by atoms with van der Waals surface area (Å²) < 4.78 is 1.54. The van der Waals surface area contributed by atoms with Gasteiger partial charge in [-0.3, -0.25) is 4.79 Å². The lowest BCUT2D eigenvalue weighted by atomic mass is 10.1. The van der Waals surface area contributed by atoms with Gasteiger partial charge in [0.05, 0.1) is 23.7 Å². The molecule has 0 atom stereocenters. The van der Waals surface area contributed by atoms with Gasteiger partial charge >= 0.3 is 0 Å². The van der Waals surface area contributed by atoms with Crippen LogP contribution in [-0.2, 0) is 0 Å². The average Bonchev–Trinajstić information content (AvgIpc) is 3.30. The highest BCUT2D eigenvalue weighted by Gasteiger charge is 2.13. The fraction of sp³-hybridized carbons (Fsp3) is 0.0833. The van der Waals surface area contributed by atoms with E-state index in [9.17, 15) is 9.90 Å². The molecule has 3 aromatic carbocycles. The number of aromatic nitrogens is 3. The summed E-state index contributed by atoms with van der Waals surface area (Å²) in [5, 5.41) is 22.6. The van der Waals surface area contributed by atoms with Crippen molar-refractivity contribution in [3.63, 3.8) is 0 Å². The third-order valence-electron chi connectivity index (χ3n) is 4.84. The lowest BCUT2D eigenvalue weighted by Crippen LogP contribution is -2.18. The van der Waals surface area contributed by atoms with E-state index in [2.05, 4.69) is 20.8 Å². The summed E-state index contributed by atoms with van der Waals surface area (Å²) in [5.41, 5.74) is 6.68. The molecule has 8 nitrogen and oxygen atoms in total. The van der Waals surface area contributed by atoms with Gasteiger partial charge in [-0.1, -0.05) is 47.7 Å². The molecule has 0 fully saturated rings. The topological polar surface area (TPSA) is 95.6 Å². The first-order valence-corrected chi connectivity index (χ1v) is 9.93. The maximum Gasteiger partial charge on any atom is 0.275 e. The van der Waals surface area contributed by atoms with Crippen molar-refractivity contribution in [2.45, 2.75) is 0 Å². The molecule has 1 aromatic heterocycles. The van der Waals surface area contributed by atoms with Crippen LogP contribution in [0, 0.1) is 0 Å². The zero-order valence-corrected chi connectivity index (χ0v) is 17.7. The van der Waals surface area contributed by atoms with Crippen molar-refractivity contribution in [1.82, 2.24) is 20.4 Å². The Morgan fingerprint density at radius 2 is 1.81 bits per heavy atom. The van der Waals surface area contributed by atoms with Gasteiger partial charge in [0, 0.05) is 31.4 Å². The second-order valence-corrected chi connectivity index (χ2v) is 7.30. The molecule has 160 valence electrons. The highest BCUT2D eigenvalue weighted by molar-refractivity contribution is 5.97. The second-order valence-electron chi connectivity index (χ2n) is 7.30. The fourth-order valence-electron chi connectivity index (χ4n) is 3.07. The highest BCUT2D eigenvalue weighted by Crippen LogP contribution is 2.23. The van der Waals surface area contributed by atoms with E-state index in [0.29, 0.717) is 11.4 Å². The summed E-state index contributed by atoms with van der Waals surface area (Å²) in [6.07, 6.45) is 3.30. The SMILES string of the molecule is CN(C)c1ccc(C=NNC(=O)c2ccc(-n3cc(-c4ccccc4)nn3)cc2O)cc1. The Bertz CT molecular complexity index is 1250. The molecule has 4 aromatic rings. The lowest BCUT2D eigenvalue weighted by molar-refractivity contribution is 0.0952. The maximum absolute atomic E-state index is 12.4. The zero-order valence-electron chi connectivity index (χ0n) is 17.7. The molecule has 8 heteroatoms. The minimum Gasteiger partial charge on any atom is -0.507 e. The molecule has 0 bridgehead atoms. The van der Waals surface area contributed by atoms with Gasteiger partial charge in [0.15, 0.2) is 0 Å². The number of hydrogen-bond acceptors (Lipinski definition) is 6. The van der Waals surface area contributed by atoms with Gasteiger partial charge in [-0.05, 0) is 29.8 Å². The molecule has 32 heavy (non-hydrogen) atoms. The van der Waals surface area contributed by atoms with Gasteiger partial charge in [-0.2, -0.15) is 5.10 Å². The summed E-state index contributed by atoms with van der Waals surface area (Å²) in [6, 6.07) is 22.0. The molecular formula is C24H22N6O2. The molecule has 0 unspecified atom stereocenters. The number of anilines is 1. The normalized spacial score (nSPS) is 10.9. The largest absolute Gasteiger partial charge is 0.507 e. The van der Waals surface area contributed by atoms with Crippen LogP contribution in [0.4, 0.5) is 5.69 Å². The Kier molecular flexibility index (Phi) is 5.94. The van der Waals surface area contributed by atoms with E-state index in [-0.39, 0.29) is 11.3 Å². The van der Waals surface area contributed by atoms with Crippen LogP contribution in [0.2, 0.25) is 0 Å². The summed E-state index contributed by atoms with van der Waals surface area (Å²) in [7, 11) is 3.93. The summed E-state index contributed by atoms with van der Waals surface area (Å²) in [6.45, 7) is 0. The Morgan fingerprint density at radius 1 is 1.06 bits per heavy atom. The highest BCUT2D eigenvalue weighted by atomic mass is 16.3. The number of rotatable bonds is 6. The molecule has 0 spiro atoms. The Hall–Kier alpha value is -4.46. The number of nitrogens with one attached hydrogen (secondary N) is 1. The standard InChI is InChI=1S/C24H22N6O2/c1-29(2)19-10-8-17(9-11-19)15-25-27-24(32)21-13-12-20(14-23(21)31)30-16-22(26-28-30)18-6-4-3-5-7-18/h3-16,31H,1-2H3,(H,27,32). The van der Waals surface area contributed by atoms with Crippen molar-refractivity contribution in [2.75, 3.05) is 19.0 Å². The summed E-state index contributed by atoms with van der Waals surface area (Å²) in [4.78, 5) is 14.4. The predicted molar refractivity (Wildman–Crippen MR) is 124 cm³/mol. The molecule has 0 aliphatic carbocycles. The van der Waals surface area contributed by atoms with E-state index in [4.69, 9.17) is 0 Å². The zero-order chi connectivity index (χ0) is 22.5. The van der Waals surface area contributed by atoms with E-state index < -0.39 is 5.91 Å². The molecule has 1 heterocycles. The average molecular weight is 426 g/mol. The van der Waals surface area contributed by atoms with Gasteiger partial charge in [0.2, 0.25) is 0 Å². The van der Waals surface area contributed by atoms with Gasteiger partial charge in [0.25, 0.3) is 5.91 Å². The van der Waals surface area contributed by atoms with Crippen LogP contribution >= 0.6 is 0 Å². The number of phenols is 1. The quantitative estimate of drug-likeness (QED) is 0.364. The second kappa shape index (κ2) is 9.13. The van der Waals surface area contributed by atoms with Gasteiger partial charge in [-0.15, -0.1) is 5.10 Å². The van der Waals surface area contributed by atoms with Crippen LogP contribution in [-0.4, -0.2) is 46.3 Å². The number of carbonyl (C=O) groups is 1. The smallest absolute Gasteiger partial charge is 0.275 e.